The molecule has 0 spiro atoms. The van der Waals surface area contributed by atoms with Crippen LogP contribution in [0.25, 0.3) is 0 Å². The first-order chi connectivity index (χ1) is 10.1. The molecule has 1 heterocycles. The zero-order valence-electron chi connectivity index (χ0n) is 11.5. The molecule has 3 rings (SSSR count). The van der Waals surface area contributed by atoms with Gasteiger partial charge in [-0.25, -0.2) is 0 Å². The highest BCUT2D eigenvalue weighted by Crippen LogP contribution is 2.34. The van der Waals surface area contributed by atoms with Gasteiger partial charge in [0.1, 0.15) is 0 Å². The Morgan fingerprint density at radius 3 is 2.95 bits per heavy atom. The van der Waals surface area contributed by atoms with Crippen molar-refractivity contribution in [3.63, 3.8) is 0 Å². The van der Waals surface area contributed by atoms with Crippen LogP contribution in [0, 0.1) is 0 Å². The summed E-state index contributed by atoms with van der Waals surface area (Å²) in [5.41, 5.74) is 2.97. The Bertz CT molecular complexity index is 690. The van der Waals surface area contributed by atoms with Crippen LogP contribution in [-0.2, 0) is 4.79 Å². The number of thioether (sulfide) groups is 1. The number of amides is 1. The fraction of sp³-hybridized carbons (Fsp3) is 0.188. The first-order valence-electron chi connectivity index (χ1n) is 6.70. The summed E-state index contributed by atoms with van der Waals surface area (Å²) in [5.74, 6) is 0.533. The Hall–Kier alpha value is -1.65. The van der Waals surface area contributed by atoms with Gasteiger partial charge in [0, 0.05) is 21.6 Å². The Morgan fingerprint density at radius 1 is 1.29 bits per heavy atom. The molecule has 0 aromatic heterocycles. The number of nitrogens with one attached hydrogen (secondary N) is 2. The van der Waals surface area contributed by atoms with Gasteiger partial charge in [-0.05, 0) is 42.8 Å². The van der Waals surface area contributed by atoms with E-state index in [1.807, 2.05) is 42.5 Å². The van der Waals surface area contributed by atoms with Crippen LogP contribution in [0.3, 0.4) is 0 Å². The van der Waals surface area contributed by atoms with Crippen LogP contribution in [-0.4, -0.2) is 11.7 Å². The molecule has 2 aromatic carbocycles. The van der Waals surface area contributed by atoms with Crippen molar-refractivity contribution in [2.75, 3.05) is 16.4 Å². The lowest BCUT2D eigenvalue weighted by atomic mass is 10.1. The average molecular weight is 319 g/mol. The standard InChI is InChI=1S/C16H15ClN2OS/c1-10(11-3-2-4-12(17)7-11)18-13-5-6-15-14(8-13)19-16(20)9-21-15/h2-8,10,18H,9H2,1H3,(H,19,20). The molecule has 1 unspecified atom stereocenters. The van der Waals surface area contributed by atoms with Crippen molar-refractivity contribution in [1.82, 2.24) is 0 Å². The molecule has 1 aliphatic rings. The largest absolute Gasteiger partial charge is 0.378 e. The van der Waals surface area contributed by atoms with Crippen LogP contribution in [0.5, 0.6) is 0 Å². The zero-order chi connectivity index (χ0) is 14.8. The molecule has 1 aliphatic heterocycles. The van der Waals surface area contributed by atoms with Gasteiger partial charge in [-0.15, -0.1) is 11.8 Å². The minimum atomic E-state index is 0.0486. The number of benzene rings is 2. The van der Waals surface area contributed by atoms with E-state index >= 15 is 0 Å². The monoisotopic (exact) mass is 318 g/mol. The van der Waals surface area contributed by atoms with Gasteiger partial charge in [0.2, 0.25) is 5.91 Å². The van der Waals surface area contributed by atoms with E-state index in [-0.39, 0.29) is 11.9 Å². The number of hydrogen-bond acceptors (Lipinski definition) is 3. The molecule has 0 aliphatic carbocycles. The minimum absolute atomic E-state index is 0.0486. The van der Waals surface area contributed by atoms with E-state index in [4.69, 9.17) is 11.6 Å². The lowest BCUT2D eigenvalue weighted by molar-refractivity contribution is -0.113. The maximum Gasteiger partial charge on any atom is 0.234 e. The van der Waals surface area contributed by atoms with E-state index in [9.17, 15) is 4.79 Å². The summed E-state index contributed by atoms with van der Waals surface area (Å²) < 4.78 is 0. The third-order valence-electron chi connectivity index (χ3n) is 3.34. The number of hydrogen-bond donors (Lipinski definition) is 2. The Morgan fingerprint density at radius 2 is 2.14 bits per heavy atom. The van der Waals surface area contributed by atoms with Gasteiger partial charge >= 0.3 is 0 Å². The number of rotatable bonds is 3. The zero-order valence-corrected chi connectivity index (χ0v) is 13.1. The van der Waals surface area contributed by atoms with E-state index in [0.717, 1.165) is 26.9 Å². The van der Waals surface area contributed by atoms with Crippen LogP contribution in [0.4, 0.5) is 11.4 Å². The summed E-state index contributed by atoms with van der Waals surface area (Å²) in [6.07, 6.45) is 0. The van der Waals surface area contributed by atoms with Crippen molar-refractivity contribution >= 4 is 40.6 Å². The van der Waals surface area contributed by atoms with Gasteiger partial charge in [0.25, 0.3) is 0 Å². The van der Waals surface area contributed by atoms with Gasteiger partial charge in [-0.3, -0.25) is 4.79 Å². The second-order valence-corrected chi connectivity index (χ2v) is 6.42. The van der Waals surface area contributed by atoms with Crippen molar-refractivity contribution in [2.24, 2.45) is 0 Å². The van der Waals surface area contributed by atoms with E-state index in [2.05, 4.69) is 17.6 Å². The first-order valence-corrected chi connectivity index (χ1v) is 8.07. The maximum atomic E-state index is 11.5. The molecule has 21 heavy (non-hydrogen) atoms. The highest BCUT2D eigenvalue weighted by Gasteiger charge is 2.16. The van der Waals surface area contributed by atoms with Crippen LogP contribution in [0.2, 0.25) is 5.02 Å². The van der Waals surface area contributed by atoms with Crippen molar-refractivity contribution in [3.8, 4) is 0 Å². The summed E-state index contributed by atoms with van der Waals surface area (Å²) >= 11 is 7.59. The summed E-state index contributed by atoms with van der Waals surface area (Å²) in [6.45, 7) is 2.08. The molecule has 5 heteroatoms. The molecular weight excluding hydrogens is 304 g/mol. The van der Waals surface area contributed by atoms with Crippen LogP contribution in [0.15, 0.2) is 47.4 Å². The van der Waals surface area contributed by atoms with Crippen molar-refractivity contribution in [3.05, 3.63) is 53.1 Å². The SMILES string of the molecule is CC(Nc1ccc2c(c1)NC(=O)CS2)c1cccc(Cl)c1. The summed E-state index contributed by atoms with van der Waals surface area (Å²) in [4.78, 5) is 12.6. The summed E-state index contributed by atoms with van der Waals surface area (Å²) in [6, 6.07) is 14.0. The number of anilines is 2. The first kappa shape index (κ1) is 14.3. The van der Waals surface area contributed by atoms with E-state index in [1.54, 1.807) is 11.8 Å². The molecule has 0 saturated carbocycles. The van der Waals surface area contributed by atoms with Crippen LogP contribution in [0.1, 0.15) is 18.5 Å². The van der Waals surface area contributed by atoms with E-state index in [1.165, 1.54) is 0 Å². The van der Waals surface area contributed by atoms with Crippen molar-refractivity contribution in [2.45, 2.75) is 17.9 Å². The van der Waals surface area contributed by atoms with E-state index < -0.39 is 0 Å². The Labute approximate surface area is 133 Å². The molecule has 1 atom stereocenters. The topological polar surface area (TPSA) is 41.1 Å². The molecule has 2 aromatic rings. The fourth-order valence-corrected chi connectivity index (χ4v) is 3.27. The van der Waals surface area contributed by atoms with Crippen molar-refractivity contribution < 1.29 is 4.79 Å². The third kappa shape index (κ3) is 3.34. The third-order valence-corrected chi connectivity index (χ3v) is 4.65. The predicted octanol–water partition coefficient (Wildman–Crippen LogP) is 4.56. The minimum Gasteiger partial charge on any atom is -0.378 e. The molecule has 3 nitrogen and oxygen atoms in total. The number of carbonyl (C=O) groups excluding carboxylic acids is 1. The second-order valence-electron chi connectivity index (χ2n) is 4.97. The smallest absolute Gasteiger partial charge is 0.234 e. The Balaban J connectivity index is 1.79. The molecule has 0 fully saturated rings. The fourth-order valence-electron chi connectivity index (χ4n) is 2.28. The molecule has 108 valence electrons. The number of halogens is 1. The summed E-state index contributed by atoms with van der Waals surface area (Å²) in [7, 11) is 0. The summed E-state index contributed by atoms with van der Waals surface area (Å²) in [5, 5.41) is 7.06. The van der Waals surface area contributed by atoms with Gasteiger partial charge in [-0.1, -0.05) is 23.7 Å². The number of carbonyl (C=O) groups is 1. The highest BCUT2D eigenvalue weighted by molar-refractivity contribution is 8.00. The molecule has 1 amide bonds. The maximum absolute atomic E-state index is 11.5. The van der Waals surface area contributed by atoms with Gasteiger partial charge in [0.05, 0.1) is 11.4 Å². The van der Waals surface area contributed by atoms with Crippen LogP contribution >= 0.6 is 23.4 Å². The number of fused-ring (bicyclic) bond motifs is 1. The lowest BCUT2D eigenvalue weighted by Gasteiger charge is -2.20. The van der Waals surface area contributed by atoms with E-state index in [0.29, 0.717) is 5.75 Å². The molecule has 0 saturated heterocycles. The quantitative estimate of drug-likeness (QED) is 0.871. The molecule has 2 N–H and O–H groups in total. The normalized spacial score (nSPS) is 15.0. The molecule has 0 bridgehead atoms. The van der Waals surface area contributed by atoms with Crippen LogP contribution < -0.4 is 10.6 Å². The van der Waals surface area contributed by atoms with Crippen molar-refractivity contribution in [1.29, 1.82) is 0 Å². The van der Waals surface area contributed by atoms with Gasteiger partial charge in [-0.2, -0.15) is 0 Å². The van der Waals surface area contributed by atoms with Gasteiger partial charge in [0.15, 0.2) is 0 Å². The molecular formula is C16H15ClN2OS. The lowest BCUT2D eigenvalue weighted by Crippen LogP contribution is -2.18. The van der Waals surface area contributed by atoms with Gasteiger partial charge < -0.3 is 10.6 Å². The average Bonchev–Trinajstić information content (AvgIpc) is 2.46. The highest BCUT2D eigenvalue weighted by atomic mass is 35.5. The predicted molar refractivity (Wildman–Crippen MR) is 89.3 cm³/mol. The second kappa shape index (κ2) is 6.00. The Kier molecular flexibility index (Phi) is 4.08. The molecule has 0 radical (unpaired) electrons.